The number of carbonyl (C=O) groups is 1. The highest BCUT2D eigenvalue weighted by Crippen LogP contribution is 2.29. The molecule has 2 heterocycles. The number of β-amino-alcohol motifs (C(OH)–C–C–N with tert-alkyl or cyclic N) is 1. The van der Waals surface area contributed by atoms with Gasteiger partial charge in [0.1, 0.15) is 0 Å². The van der Waals surface area contributed by atoms with Crippen molar-refractivity contribution >= 4 is 5.91 Å². The summed E-state index contributed by atoms with van der Waals surface area (Å²) < 4.78 is 5.25. The average molecular weight is 320 g/mol. The smallest absolute Gasteiger partial charge is 0.287 e. The number of furan rings is 1. The van der Waals surface area contributed by atoms with Crippen molar-refractivity contribution < 1.29 is 14.3 Å². The van der Waals surface area contributed by atoms with Crippen LogP contribution >= 0.6 is 0 Å². The van der Waals surface area contributed by atoms with E-state index in [1.807, 2.05) is 13.0 Å². The maximum atomic E-state index is 12.2. The molecule has 2 aliphatic rings. The van der Waals surface area contributed by atoms with Gasteiger partial charge in [0.15, 0.2) is 5.76 Å². The lowest BCUT2D eigenvalue weighted by atomic mass is 9.84. The van der Waals surface area contributed by atoms with Crippen LogP contribution in [0.15, 0.2) is 16.7 Å². The first kappa shape index (κ1) is 16.5. The molecule has 2 fully saturated rings. The number of amides is 1. The Hall–Kier alpha value is -1.33. The van der Waals surface area contributed by atoms with Crippen LogP contribution in [0.3, 0.4) is 0 Å². The molecule has 0 radical (unpaired) electrons. The summed E-state index contributed by atoms with van der Waals surface area (Å²) >= 11 is 0. The molecular weight excluding hydrogens is 292 g/mol. The molecule has 2 N–H and O–H groups in total. The molecule has 1 saturated heterocycles. The molecule has 5 heteroatoms. The highest BCUT2D eigenvalue weighted by molar-refractivity contribution is 5.92. The van der Waals surface area contributed by atoms with Gasteiger partial charge in [0.2, 0.25) is 0 Å². The van der Waals surface area contributed by atoms with Crippen molar-refractivity contribution in [1.29, 1.82) is 0 Å². The van der Waals surface area contributed by atoms with E-state index in [0.717, 1.165) is 63.7 Å². The van der Waals surface area contributed by atoms with Crippen LogP contribution in [0.4, 0.5) is 0 Å². The van der Waals surface area contributed by atoms with Gasteiger partial charge in [0.05, 0.1) is 11.9 Å². The maximum absolute atomic E-state index is 12.2. The molecule has 0 spiro atoms. The number of nitrogens with zero attached hydrogens (tertiary/aromatic N) is 1. The molecule has 128 valence electrons. The second kappa shape index (κ2) is 7.05. The molecule has 1 aromatic heterocycles. The molecule has 1 amide bonds. The third kappa shape index (κ3) is 4.15. The van der Waals surface area contributed by atoms with Gasteiger partial charge < -0.3 is 19.7 Å². The lowest BCUT2D eigenvalue weighted by Crippen LogP contribution is -2.50. The SMILES string of the molecule is Cc1ccoc1C(=O)NC1CCN(CC2(O)CCCCC2)CC1. The monoisotopic (exact) mass is 320 g/mol. The Kier molecular flexibility index (Phi) is 5.07. The fourth-order valence-corrected chi connectivity index (χ4v) is 3.88. The van der Waals surface area contributed by atoms with Gasteiger partial charge in [-0.3, -0.25) is 4.79 Å². The average Bonchev–Trinajstić information content (AvgIpc) is 2.96. The first-order valence-corrected chi connectivity index (χ1v) is 8.85. The minimum atomic E-state index is -0.486. The zero-order valence-electron chi connectivity index (χ0n) is 14.0. The minimum absolute atomic E-state index is 0.114. The second-order valence-electron chi connectivity index (χ2n) is 7.24. The lowest BCUT2D eigenvalue weighted by molar-refractivity contribution is -0.0312. The molecule has 0 unspecified atom stereocenters. The van der Waals surface area contributed by atoms with E-state index in [9.17, 15) is 9.90 Å². The molecule has 1 saturated carbocycles. The third-order valence-corrected chi connectivity index (χ3v) is 5.29. The van der Waals surface area contributed by atoms with E-state index in [4.69, 9.17) is 4.42 Å². The number of aliphatic hydroxyl groups is 1. The van der Waals surface area contributed by atoms with Crippen molar-refractivity contribution in [1.82, 2.24) is 10.2 Å². The Morgan fingerprint density at radius 2 is 2.04 bits per heavy atom. The van der Waals surface area contributed by atoms with Crippen molar-refractivity contribution in [2.45, 2.75) is 63.5 Å². The number of hydrogen-bond acceptors (Lipinski definition) is 4. The van der Waals surface area contributed by atoms with Crippen molar-refractivity contribution in [3.05, 3.63) is 23.7 Å². The van der Waals surface area contributed by atoms with Gasteiger partial charge >= 0.3 is 0 Å². The number of piperidine rings is 1. The molecule has 1 aromatic rings. The van der Waals surface area contributed by atoms with E-state index < -0.39 is 5.60 Å². The summed E-state index contributed by atoms with van der Waals surface area (Å²) in [6.45, 7) is 4.53. The summed E-state index contributed by atoms with van der Waals surface area (Å²) in [6, 6.07) is 2.01. The first-order valence-electron chi connectivity index (χ1n) is 8.85. The molecule has 0 atom stereocenters. The molecule has 1 aliphatic carbocycles. The Bertz CT molecular complexity index is 526. The van der Waals surface area contributed by atoms with Crippen LogP contribution < -0.4 is 5.32 Å². The number of carbonyl (C=O) groups excluding carboxylic acids is 1. The van der Waals surface area contributed by atoms with E-state index in [1.165, 1.54) is 6.42 Å². The zero-order chi connectivity index (χ0) is 16.3. The largest absolute Gasteiger partial charge is 0.459 e. The molecule has 3 rings (SSSR count). The van der Waals surface area contributed by atoms with E-state index in [0.29, 0.717) is 5.76 Å². The highest BCUT2D eigenvalue weighted by Gasteiger charge is 2.33. The van der Waals surface area contributed by atoms with Crippen LogP contribution in [0.25, 0.3) is 0 Å². The van der Waals surface area contributed by atoms with Crippen LogP contribution in [0.2, 0.25) is 0 Å². The van der Waals surface area contributed by atoms with E-state index in [2.05, 4.69) is 10.2 Å². The van der Waals surface area contributed by atoms with Crippen LogP contribution in [-0.2, 0) is 0 Å². The summed E-state index contributed by atoms with van der Waals surface area (Å²) in [7, 11) is 0. The van der Waals surface area contributed by atoms with E-state index in [1.54, 1.807) is 6.26 Å². The lowest BCUT2D eigenvalue weighted by Gasteiger charge is -2.40. The molecule has 5 nitrogen and oxygen atoms in total. The molecular formula is C18H28N2O3. The number of nitrogens with one attached hydrogen (secondary N) is 1. The van der Waals surface area contributed by atoms with Crippen LogP contribution in [0.5, 0.6) is 0 Å². The van der Waals surface area contributed by atoms with Crippen molar-refractivity contribution in [2.75, 3.05) is 19.6 Å². The highest BCUT2D eigenvalue weighted by atomic mass is 16.3. The van der Waals surface area contributed by atoms with E-state index in [-0.39, 0.29) is 11.9 Å². The predicted molar refractivity (Wildman–Crippen MR) is 88.4 cm³/mol. The molecule has 23 heavy (non-hydrogen) atoms. The minimum Gasteiger partial charge on any atom is -0.459 e. The zero-order valence-corrected chi connectivity index (χ0v) is 14.0. The van der Waals surface area contributed by atoms with Gasteiger partial charge in [-0.2, -0.15) is 0 Å². The number of aryl methyl sites for hydroxylation is 1. The van der Waals surface area contributed by atoms with Gasteiger partial charge in [-0.1, -0.05) is 19.3 Å². The summed E-state index contributed by atoms with van der Waals surface area (Å²) in [4.78, 5) is 14.5. The molecule has 1 aliphatic heterocycles. The first-order chi connectivity index (χ1) is 11.1. The van der Waals surface area contributed by atoms with Gasteiger partial charge in [-0.05, 0) is 38.7 Å². The molecule has 0 bridgehead atoms. The normalized spacial score (nSPS) is 22.9. The Balaban J connectivity index is 1.45. The van der Waals surface area contributed by atoms with Gasteiger partial charge in [-0.25, -0.2) is 0 Å². The van der Waals surface area contributed by atoms with E-state index >= 15 is 0 Å². The van der Waals surface area contributed by atoms with Crippen LogP contribution in [0.1, 0.15) is 61.1 Å². The maximum Gasteiger partial charge on any atom is 0.287 e. The number of hydrogen-bond donors (Lipinski definition) is 2. The summed E-state index contributed by atoms with van der Waals surface area (Å²) in [6.07, 6.45) is 8.82. The van der Waals surface area contributed by atoms with Crippen LogP contribution in [0, 0.1) is 6.92 Å². The number of rotatable bonds is 4. The molecule has 0 aromatic carbocycles. The Morgan fingerprint density at radius 1 is 1.35 bits per heavy atom. The van der Waals surface area contributed by atoms with Crippen molar-refractivity contribution in [3.63, 3.8) is 0 Å². The Labute approximate surface area is 138 Å². The number of likely N-dealkylation sites (tertiary alicyclic amines) is 1. The fourth-order valence-electron chi connectivity index (χ4n) is 3.88. The van der Waals surface area contributed by atoms with Crippen LogP contribution in [-0.4, -0.2) is 47.2 Å². The summed E-state index contributed by atoms with van der Waals surface area (Å²) in [5, 5.41) is 13.7. The fraction of sp³-hybridized carbons (Fsp3) is 0.722. The standard InChI is InChI=1S/C18H28N2O3/c1-14-7-12-23-16(14)17(21)19-15-5-10-20(11-6-15)13-18(22)8-3-2-4-9-18/h7,12,15,22H,2-6,8-11,13H2,1H3,(H,19,21). The van der Waals surface area contributed by atoms with Gasteiger partial charge in [-0.15, -0.1) is 0 Å². The summed E-state index contributed by atoms with van der Waals surface area (Å²) in [5.74, 6) is 0.306. The predicted octanol–water partition coefficient (Wildman–Crippen LogP) is 2.48. The Morgan fingerprint density at radius 3 is 2.65 bits per heavy atom. The second-order valence-corrected chi connectivity index (χ2v) is 7.24. The quantitative estimate of drug-likeness (QED) is 0.894. The van der Waals surface area contributed by atoms with Gasteiger partial charge in [0.25, 0.3) is 5.91 Å². The topological polar surface area (TPSA) is 65.7 Å². The van der Waals surface area contributed by atoms with Crippen molar-refractivity contribution in [2.24, 2.45) is 0 Å². The van der Waals surface area contributed by atoms with Crippen molar-refractivity contribution in [3.8, 4) is 0 Å². The third-order valence-electron chi connectivity index (χ3n) is 5.29. The summed E-state index contributed by atoms with van der Waals surface area (Å²) in [5.41, 5.74) is 0.388. The van der Waals surface area contributed by atoms with Gasteiger partial charge in [0, 0.05) is 31.2 Å².